The van der Waals surface area contributed by atoms with Gasteiger partial charge in [0, 0.05) is 31.6 Å². The van der Waals surface area contributed by atoms with Crippen LogP contribution in [0.15, 0.2) is 30.3 Å². The van der Waals surface area contributed by atoms with Crippen molar-refractivity contribution in [1.82, 2.24) is 10.3 Å². The highest BCUT2D eigenvalue weighted by Crippen LogP contribution is 2.22. The molecule has 0 saturated carbocycles. The van der Waals surface area contributed by atoms with Gasteiger partial charge in [0.05, 0.1) is 5.52 Å². The minimum absolute atomic E-state index is 0. The van der Waals surface area contributed by atoms with Gasteiger partial charge in [0.2, 0.25) is 0 Å². The Kier molecular flexibility index (Phi) is 4.04. The van der Waals surface area contributed by atoms with Crippen LogP contribution in [0.2, 0.25) is 0 Å². The molecule has 0 atom stereocenters. The number of anilines is 1. The molecule has 1 N–H and O–H groups in total. The van der Waals surface area contributed by atoms with Gasteiger partial charge < -0.3 is 10.2 Å². The molecule has 3 nitrogen and oxygen atoms in total. The van der Waals surface area contributed by atoms with Crippen molar-refractivity contribution in [1.29, 1.82) is 0 Å². The number of fused-ring (bicyclic) bond motifs is 1. The molecule has 0 aliphatic carbocycles. The summed E-state index contributed by atoms with van der Waals surface area (Å²) in [5.74, 6) is 1.14. The second kappa shape index (κ2) is 5.55. The molecule has 0 spiro atoms. The Morgan fingerprint density at radius 2 is 1.89 bits per heavy atom. The normalized spacial score (nSPS) is 15.5. The van der Waals surface area contributed by atoms with E-state index in [4.69, 9.17) is 4.98 Å². The largest absolute Gasteiger partial charge is 0.354 e. The SMILES string of the molecule is Cc1cc2ccccc2nc1N1CCNCC1.Cl. The Morgan fingerprint density at radius 3 is 2.67 bits per heavy atom. The van der Waals surface area contributed by atoms with Crippen molar-refractivity contribution in [2.75, 3.05) is 31.1 Å². The van der Waals surface area contributed by atoms with Crippen molar-refractivity contribution >= 4 is 29.1 Å². The number of hydrogen-bond acceptors (Lipinski definition) is 3. The van der Waals surface area contributed by atoms with Crippen LogP contribution in [0.4, 0.5) is 5.82 Å². The quantitative estimate of drug-likeness (QED) is 0.856. The zero-order valence-corrected chi connectivity index (χ0v) is 11.3. The fourth-order valence-electron chi connectivity index (χ4n) is 2.41. The number of nitrogens with zero attached hydrogens (tertiary/aromatic N) is 2. The van der Waals surface area contributed by atoms with Gasteiger partial charge in [-0.2, -0.15) is 0 Å². The first-order valence-electron chi connectivity index (χ1n) is 6.17. The van der Waals surface area contributed by atoms with Crippen LogP contribution in [-0.2, 0) is 0 Å². The number of aromatic nitrogens is 1. The van der Waals surface area contributed by atoms with E-state index in [0.29, 0.717) is 0 Å². The maximum atomic E-state index is 4.80. The summed E-state index contributed by atoms with van der Waals surface area (Å²) in [6.45, 7) is 6.34. The fraction of sp³-hybridized carbons (Fsp3) is 0.357. The van der Waals surface area contributed by atoms with Crippen LogP contribution in [0.25, 0.3) is 10.9 Å². The van der Waals surface area contributed by atoms with Crippen LogP contribution in [0.5, 0.6) is 0 Å². The summed E-state index contributed by atoms with van der Waals surface area (Å²) < 4.78 is 0. The molecule has 1 fully saturated rings. The van der Waals surface area contributed by atoms with E-state index in [-0.39, 0.29) is 12.4 Å². The van der Waals surface area contributed by atoms with Crippen molar-refractivity contribution in [3.05, 3.63) is 35.9 Å². The van der Waals surface area contributed by atoms with Gasteiger partial charge in [-0.05, 0) is 24.6 Å². The Balaban J connectivity index is 0.00000120. The summed E-state index contributed by atoms with van der Waals surface area (Å²) in [4.78, 5) is 7.17. The van der Waals surface area contributed by atoms with Gasteiger partial charge in [-0.1, -0.05) is 18.2 Å². The lowest BCUT2D eigenvalue weighted by Gasteiger charge is -2.29. The highest BCUT2D eigenvalue weighted by molar-refractivity contribution is 5.85. The number of halogens is 1. The Morgan fingerprint density at radius 1 is 1.17 bits per heavy atom. The first-order chi connectivity index (χ1) is 8.34. The Bertz CT molecular complexity index is 536. The molecule has 1 aliphatic rings. The van der Waals surface area contributed by atoms with Crippen LogP contribution >= 0.6 is 12.4 Å². The number of rotatable bonds is 1. The van der Waals surface area contributed by atoms with E-state index in [0.717, 1.165) is 37.5 Å². The molecule has 2 aromatic rings. The number of aryl methyl sites for hydroxylation is 1. The average Bonchev–Trinajstić information content (AvgIpc) is 2.39. The summed E-state index contributed by atoms with van der Waals surface area (Å²) in [6.07, 6.45) is 0. The molecule has 1 aromatic heterocycles. The molecule has 3 rings (SSSR count). The topological polar surface area (TPSA) is 28.2 Å². The minimum atomic E-state index is 0. The Hall–Kier alpha value is -1.32. The molecule has 1 aromatic carbocycles. The lowest BCUT2D eigenvalue weighted by Crippen LogP contribution is -2.44. The van der Waals surface area contributed by atoms with Crippen molar-refractivity contribution in [2.24, 2.45) is 0 Å². The zero-order valence-electron chi connectivity index (χ0n) is 10.5. The van der Waals surface area contributed by atoms with Crippen molar-refractivity contribution in [3.8, 4) is 0 Å². The van der Waals surface area contributed by atoms with E-state index < -0.39 is 0 Å². The van der Waals surface area contributed by atoms with E-state index >= 15 is 0 Å². The molecule has 96 valence electrons. The molecular formula is C14H18ClN3. The van der Waals surface area contributed by atoms with Crippen molar-refractivity contribution < 1.29 is 0 Å². The molecule has 18 heavy (non-hydrogen) atoms. The number of pyridine rings is 1. The predicted molar refractivity (Wildman–Crippen MR) is 78.8 cm³/mol. The van der Waals surface area contributed by atoms with Gasteiger partial charge in [0.15, 0.2) is 0 Å². The van der Waals surface area contributed by atoms with Crippen LogP contribution in [0.3, 0.4) is 0 Å². The highest BCUT2D eigenvalue weighted by atomic mass is 35.5. The van der Waals surface area contributed by atoms with E-state index in [9.17, 15) is 0 Å². The first kappa shape index (κ1) is 13.1. The minimum Gasteiger partial charge on any atom is -0.354 e. The molecule has 1 aliphatic heterocycles. The maximum Gasteiger partial charge on any atom is 0.132 e. The Labute approximate surface area is 114 Å². The molecule has 2 heterocycles. The summed E-state index contributed by atoms with van der Waals surface area (Å²) in [7, 11) is 0. The van der Waals surface area contributed by atoms with Crippen LogP contribution in [0.1, 0.15) is 5.56 Å². The van der Waals surface area contributed by atoms with Crippen LogP contribution in [0, 0.1) is 6.92 Å². The van der Waals surface area contributed by atoms with E-state index in [2.05, 4.69) is 41.4 Å². The molecular weight excluding hydrogens is 246 g/mol. The van der Waals surface area contributed by atoms with Gasteiger partial charge in [0.25, 0.3) is 0 Å². The molecule has 1 saturated heterocycles. The highest BCUT2D eigenvalue weighted by Gasteiger charge is 2.14. The van der Waals surface area contributed by atoms with E-state index in [1.54, 1.807) is 0 Å². The lowest BCUT2D eigenvalue weighted by atomic mass is 10.1. The second-order valence-corrected chi connectivity index (χ2v) is 4.56. The lowest BCUT2D eigenvalue weighted by molar-refractivity contribution is 0.584. The average molecular weight is 264 g/mol. The number of nitrogens with one attached hydrogen (secondary N) is 1. The van der Waals surface area contributed by atoms with Crippen LogP contribution < -0.4 is 10.2 Å². The third-order valence-corrected chi connectivity index (χ3v) is 3.30. The van der Waals surface area contributed by atoms with Crippen molar-refractivity contribution in [2.45, 2.75) is 6.92 Å². The molecule has 0 bridgehead atoms. The van der Waals surface area contributed by atoms with Gasteiger partial charge in [-0.15, -0.1) is 12.4 Å². The second-order valence-electron chi connectivity index (χ2n) is 4.56. The molecule has 0 amide bonds. The summed E-state index contributed by atoms with van der Waals surface area (Å²) in [5.41, 5.74) is 2.36. The number of hydrogen-bond donors (Lipinski definition) is 1. The molecule has 0 unspecified atom stereocenters. The third-order valence-electron chi connectivity index (χ3n) is 3.30. The molecule has 0 radical (unpaired) electrons. The molecule has 4 heteroatoms. The first-order valence-corrected chi connectivity index (χ1v) is 6.17. The van der Waals surface area contributed by atoms with E-state index in [1.165, 1.54) is 10.9 Å². The monoisotopic (exact) mass is 263 g/mol. The van der Waals surface area contributed by atoms with Gasteiger partial charge in [0.1, 0.15) is 5.82 Å². The fourth-order valence-corrected chi connectivity index (χ4v) is 2.41. The zero-order chi connectivity index (χ0) is 11.7. The van der Waals surface area contributed by atoms with Gasteiger partial charge in [-0.25, -0.2) is 4.98 Å². The van der Waals surface area contributed by atoms with E-state index in [1.807, 2.05) is 6.07 Å². The van der Waals surface area contributed by atoms with Crippen LogP contribution in [-0.4, -0.2) is 31.2 Å². The third kappa shape index (κ3) is 2.42. The smallest absolute Gasteiger partial charge is 0.132 e. The summed E-state index contributed by atoms with van der Waals surface area (Å²) in [6, 6.07) is 10.6. The number of benzene rings is 1. The number of piperazine rings is 1. The van der Waals surface area contributed by atoms with Gasteiger partial charge >= 0.3 is 0 Å². The maximum absolute atomic E-state index is 4.80. The summed E-state index contributed by atoms with van der Waals surface area (Å²) >= 11 is 0. The van der Waals surface area contributed by atoms with Crippen molar-refractivity contribution in [3.63, 3.8) is 0 Å². The predicted octanol–water partition coefficient (Wildman–Crippen LogP) is 2.37. The van der Waals surface area contributed by atoms with Gasteiger partial charge in [-0.3, -0.25) is 0 Å². The summed E-state index contributed by atoms with van der Waals surface area (Å²) in [5, 5.41) is 4.60. The standard InChI is InChI=1S/C14H17N3.ClH/c1-11-10-12-4-2-3-5-13(12)16-14(11)17-8-6-15-7-9-17;/h2-5,10,15H,6-9H2,1H3;1H. The number of para-hydroxylation sites is 1.